The molecule has 2 N–H and O–H groups in total. The van der Waals surface area contributed by atoms with Crippen molar-refractivity contribution in [2.24, 2.45) is 0 Å². The number of H-pyrrole nitrogens is 1. The maximum absolute atomic E-state index is 13.9. The summed E-state index contributed by atoms with van der Waals surface area (Å²) < 4.78 is 5.76. The molecule has 1 aliphatic carbocycles. The number of fused-ring (bicyclic) bond motifs is 4. The summed E-state index contributed by atoms with van der Waals surface area (Å²) in [4.78, 5) is 36.8. The molecule has 8 nitrogen and oxygen atoms in total. The minimum Gasteiger partial charge on any atom is -0.494 e. The third kappa shape index (κ3) is 3.83. The number of nitrogens with one attached hydrogen (secondary N) is 1. The van der Waals surface area contributed by atoms with E-state index in [1.165, 1.54) is 4.90 Å². The van der Waals surface area contributed by atoms with Gasteiger partial charge in [-0.15, -0.1) is 0 Å². The van der Waals surface area contributed by atoms with E-state index in [1.807, 2.05) is 50.3 Å². The molecule has 2 aliphatic heterocycles. The molecule has 8 heteroatoms. The van der Waals surface area contributed by atoms with Gasteiger partial charge in [0.05, 0.1) is 12.7 Å². The monoisotopic (exact) mass is 492 g/mol. The number of benzene rings is 1. The Morgan fingerprint density at radius 2 is 2.00 bits per heavy atom. The van der Waals surface area contributed by atoms with E-state index < -0.39 is 17.7 Å². The molecule has 0 bridgehead atoms. The third-order valence-electron chi connectivity index (χ3n) is 7.87. The van der Waals surface area contributed by atoms with Gasteiger partial charge in [-0.05, 0) is 62.7 Å². The topological polar surface area (TPSA) is 89.1 Å². The van der Waals surface area contributed by atoms with Gasteiger partial charge < -0.3 is 19.7 Å². The number of aromatic amines is 1. The Bertz CT molecular complexity index is 1240. The first-order chi connectivity index (χ1) is 17.3. The zero-order valence-corrected chi connectivity index (χ0v) is 21.6. The quantitative estimate of drug-likeness (QED) is 0.548. The predicted octanol–water partition coefficient (Wildman–Crippen LogP) is 3.78. The van der Waals surface area contributed by atoms with Crippen LogP contribution < -0.4 is 4.74 Å². The van der Waals surface area contributed by atoms with Crippen LogP contribution in [0.5, 0.6) is 5.75 Å². The molecule has 2 aromatic rings. The van der Waals surface area contributed by atoms with E-state index in [0.29, 0.717) is 32.5 Å². The number of nitrogens with zero attached hydrogens (tertiary/aromatic N) is 3. The molecule has 3 heterocycles. The first-order valence-corrected chi connectivity index (χ1v) is 13.0. The van der Waals surface area contributed by atoms with Crippen molar-refractivity contribution >= 4 is 22.8 Å². The Hall–Kier alpha value is -3.10. The number of rotatable bonds is 8. The lowest BCUT2D eigenvalue weighted by Crippen LogP contribution is -2.53. The van der Waals surface area contributed by atoms with E-state index in [2.05, 4.69) is 23.7 Å². The minimum atomic E-state index is -1.02. The summed E-state index contributed by atoms with van der Waals surface area (Å²) in [5, 5.41) is 11.4. The van der Waals surface area contributed by atoms with Crippen LogP contribution in [-0.2, 0) is 11.2 Å². The number of aliphatic hydroxyl groups excluding tert-OH is 1. The third-order valence-corrected chi connectivity index (χ3v) is 7.87. The first-order valence-electron chi connectivity index (χ1n) is 13.0. The highest BCUT2D eigenvalue weighted by Crippen LogP contribution is 2.49. The number of urea groups is 1. The standard InChI is InChI=1S/C28H36N4O4/c1-5-30(6-2)13-14-31-26(34)28(4)17-22-21-16-20(36-7-3)11-12-23(21)29-24(22)25(32(28)27(31)35)18-9-8-10-19(33)15-18/h8-9,11-12,15-16,19,25,29,33H,5-7,10,13-14,17H2,1-4H3/t19?,25-,28+/m1/s1. The number of amides is 3. The van der Waals surface area contributed by atoms with Crippen molar-refractivity contribution in [3.8, 4) is 5.75 Å². The summed E-state index contributed by atoms with van der Waals surface area (Å²) >= 11 is 0. The van der Waals surface area contributed by atoms with Gasteiger partial charge in [-0.1, -0.05) is 32.1 Å². The van der Waals surface area contributed by atoms with Crippen LogP contribution in [0.2, 0.25) is 0 Å². The Balaban J connectivity index is 1.63. The molecule has 1 saturated heterocycles. The zero-order chi connectivity index (χ0) is 25.6. The Labute approximate surface area is 212 Å². The summed E-state index contributed by atoms with van der Waals surface area (Å²) in [6.07, 6.45) is 6.05. The molecular weight excluding hydrogens is 456 g/mol. The lowest BCUT2D eigenvalue weighted by molar-refractivity contribution is -0.133. The summed E-state index contributed by atoms with van der Waals surface area (Å²) in [6.45, 7) is 11.3. The van der Waals surface area contributed by atoms with Gasteiger partial charge in [0, 0.05) is 36.1 Å². The van der Waals surface area contributed by atoms with Gasteiger partial charge >= 0.3 is 6.03 Å². The fourth-order valence-electron chi connectivity index (χ4n) is 5.94. The SMILES string of the molecule is CCOc1ccc2[nH]c3c(c2c1)C[C@@]1(C)C(=O)N(CCN(CC)CC)C(=O)N1[C@@H]3C1=CC(O)CC=C1. The Morgan fingerprint density at radius 3 is 2.69 bits per heavy atom. The van der Waals surface area contributed by atoms with Crippen LogP contribution >= 0.6 is 0 Å². The molecule has 0 spiro atoms. The fraction of sp³-hybridized carbons (Fsp3) is 0.500. The van der Waals surface area contributed by atoms with Crippen molar-refractivity contribution in [3.05, 3.63) is 53.3 Å². The molecule has 1 fully saturated rings. The first kappa shape index (κ1) is 24.6. The number of hydrogen-bond acceptors (Lipinski definition) is 5. The van der Waals surface area contributed by atoms with Crippen molar-refractivity contribution < 1.29 is 19.4 Å². The van der Waals surface area contributed by atoms with Crippen molar-refractivity contribution in [3.63, 3.8) is 0 Å². The van der Waals surface area contributed by atoms with Crippen molar-refractivity contribution in [1.82, 2.24) is 19.7 Å². The Morgan fingerprint density at radius 1 is 1.22 bits per heavy atom. The summed E-state index contributed by atoms with van der Waals surface area (Å²) in [6, 6.07) is 5.17. The zero-order valence-electron chi connectivity index (χ0n) is 21.6. The number of aliphatic hydroxyl groups is 1. The maximum atomic E-state index is 13.9. The van der Waals surface area contributed by atoms with Crippen molar-refractivity contribution in [2.75, 3.05) is 32.8 Å². The molecule has 3 atom stereocenters. The van der Waals surface area contributed by atoms with Crippen LogP contribution in [0.3, 0.4) is 0 Å². The number of imide groups is 1. The summed E-state index contributed by atoms with van der Waals surface area (Å²) in [5.41, 5.74) is 2.66. The van der Waals surface area contributed by atoms with E-state index in [4.69, 9.17) is 4.74 Å². The van der Waals surface area contributed by atoms with Gasteiger partial charge in [-0.3, -0.25) is 14.6 Å². The van der Waals surface area contributed by atoms with Crippen LogP contribution in [0.15, 0.2) is 42.0 Å². The molecule has 3 aliphatic rings. The van der Waals surface area contributed by atoms with Gasteiger partial charge in [-0.2, -0.15) is 0 Å². The van der Waals surface area contributed by atoms with Gasteiger partial charge in [0.15, 0.2) is 0 Å². The molecule has 0 radical (unpaired) electrons. The molecule has 36 heavy (non-hydrogen) atoms. The minimum absolute atomic E-state index is 0.161. The van der Waals surface area contributed by atoms with Gasteiger partial charge in [0.2, 0.25) is 0 Å². The van der Waals surface area contributed by atoms with E-state index in [1.54, 1.807) is 4.90 Å². The fourth-order valence-corrected chi connectivity index (χ4v) is 5.94. The second-order valence-electron chi connectivity index (χ2n) is 10.0. The number of aromatic nitrogens is 1. The van der Waals surface area contributed by atoms with Crippen molar-refractivity contribution in [1.29, 1.82) is 0 Å². The van der Waals surface area contributed by atoms with E-state index >= 15 is 0 Å². The number of likely N-dealkylation sites (N-methyl/N-ethyl adjacent to an activating group) is 1. The maximum Gasteiger partial charge on any atom is 0.328 e. The van der Waals surface area contributed by atoms with Crippen LogP contribution in [0.4, 0.5) is 4.79 Å². The molecular formula is C28H36N4O4. The normalized spacial score (nSPS) is 25.6. The summed E-state index contributed by atoms with van der Waals surface area (Å²) in [7, 11) is 0. The highest BCUT2D eigenvalue weighted by atomic mass is 16.5. The molecule has 1 aromatic carbocycles. The van der Waals surface area contributed by atoms with Gasteiger partial charge in [0.1, 0.15) is 17.3 Å². The second-order valence-corrected chi connectivity index (χ2v) is 10.0. The lowest BCUT2D eigenvalue weighted by Gasteiger charge is -2.43. The number of carbonyl (C=O) groups is 2. The predicted molar refractivity (Wildman–Crippen MR) is 139 cm³/mol. The highest BCUT2D eigenvalue weighted by Gasteiger charge is 2.60. The van der Waals surface area contributed by atoms with Crippen molar-refractivity contribution in [2.45, 2.75) is 58.2 Å². The number of ether oxygens (including phenoxy) is 1. The molecule has 1 unspecified atom stereocenters. The van der Waals surface area contributed by atoms with Crippen LogP contribution in [0, 0.1) is 0 Å². The second kappa shape index (κ2) is 9.41. The van der Waals surface area contributed by atoms with Gasteiger partial charge in [-0.25, -0.2) is 4.79 Å². The smallest absolute Gasteiger partial charge is 0.328 e. The number of hydrogen-bond donors (Lipinski definition) is 2. The highest BCUT2D eigenvalue weighted by molar-refractivity contribution is 6.08. The summed E-state index contributed by atoms with van der Waals surface area (Å²) in [5.74, 6) is 0.615. The lowest BCUT2D eigenvalue weighted by atomic mass is 9.80. The van der Waals surface area contributed by atoms with E-state index in [0.717, 1.165) is 46.6 Å². The van der Waals surface area contributed by atoms with Crippen LogP contribution in [-0.4, -0.2) is 81.2 Å². The number of carbonyl (C=O) groups excluding carboxylic acids is 2. The van der Waals surface area contributed by atoms with E-state index in [-0.39, 0.29) is 11.9 Å². The average Bonchev–Trinajstić information content (AvgIpc) is 3.30. The van der Waals surface area contributed by atoms with Crippen LogP contribution in [0.25, 0.3) is 10.9 Å². The van der Waals surface area contributed by atoms with Crippen LogP contribution in [0.1, 0.15) is 51.4 Å². The van der Waals surface area contributed by atoms with Gasteiger partial charge in [0.25, 0.3) is 5.91 Å². The largest absolute Gasteiger partial charge is 0.494 e. The molecule has 1 aromatic heterocycles. The molecule has 5 rings (SSSR count). The molecule has 3 amide bonds. The average molecular weight is 493 g/mol. The molecule has 192 valence electrons. The van der Waals surface area contributed by atoms with E-state index in [9.17, 15) is 14.7 Å². The molecule has 0 saturated carbocycles. The Kier molecular flexibility index (Phi) is 6.43.